The molecule has 0 unspecified atom stereocenters. The third-order valence-corrected chi connectivity index (χ3v) is 5.80. The Kier molecular flexibility index (Phi) is 8.72. The Morgan fingerprint density at radius 2 is 1.82 bits per heavy atom. The molecule has 0 fully saturated rings. The first-order valence-corrected chi connectivity index (χ1v) is 11.5. The molecule has 172 valence electrons. The molecule has 34 heavy (non-hydrogen) atoms. The van der Waals surface area contributed by atoms with Crippen LogP contribution in [-0.2, 0) is 9.59 Å². The van der Waals surface area contributed by atoms with Crippen LogP contribution in [0.15, 0.2) is 70.7 Å². The summed E-state index contributed by atoms with van der Waals surface area (Å²) in [4.78, 5) is 25.0. The zero-order chi connectivity index (χ0) is 24.7. The Morgan fingerprint density at radius 1 is 1.06 bits per heavy atom. The third kappa shape index (κ3) is 6.84. The fourth-order valence-corrected chi connectivity index (χ4v) is 3.57. The standard InChI is InChI=1S/C25H18BrCl2N3O3/c1-15-6-8-19(12-21(15)28)30-24(32)14-34-23-9-7-18(26)11-16(23)10-17(13-29)25(33)31-22-5-3-2-4-20(22)27/h2-12H,14H2,1H3,(H,30,32)(H,31,33)/b17-10+. The lowest BCUT2D eigenvalue weighted by Crippen LogP contribution is -2.20. The summed E-state index contributed by atoms with van der Waals surface area (Å²) in [6.07, 6.45) is 1.38. The molecule has 0 saturated heterocycles. The van der Waals surface area contributed by atoms with Gasteiger partial charge in [0.05, 0.1) is 10.7 Å². The molecule has 3 aromatic rings. The fraction of sp³-hybridized carbons (Fsp3) is 0.0800. The summed E-state index contributed by atoms with van der Waals surface area (Å²) in [5.74, 6) is -0.705. The van der Waals surface area contributed by atoms with Crippen LogP contribution in [0.4, 0.5) is 11.4 Å². The van der Waals surface area contributed by atoms with Crippen molar-refractivity contribution in [2.24, 2.45) is 0 Å². The molecule has 0 aliphatic carbocycles. The number of carbonyl (C=O) groups is 2. The van der Waals surface area contributed by atoms with E-state index in [4.69, 9.17) is 27.9 Å². The number of anilines is 2. The van der Waals surface area contributed by atoms with E-state index in [1.807, 2.05) is 13.0 Å². The van der Waals surface area contributed by atoms with Gasteiger partial charge >= 0.3 is 0 Å². The van der Waals surface area contributed by atoms with E-state index in [2.05, 4.69) is 26.6 Å². The minimum absolute atomic E-state index is 0.165. The largest absolute Gasteiger partial charge is 0.483 e. The van der Waals surface area contributed by atoms with Crippen molar-refractivity contribution in [3.05, 3.63) is 91.9 Å². The highest BCUT2D eigenvalue weighted by atomic mass is 79.9. The first kappa shape index (κ1) is 25.3. The number of halogens is 3. The van der Waals surface area contributed by atoms with Gasteiger partial charge in [-0.25, -0.2) is 0 Å². The van der Waals surface area contributed by atoms with Crippen LogP contribution in [0, 0.1) is 18.3 Å². The van der Waals surface area contributed by atoms with E-state index in [1.165, 1.54) is 6.08 Å². The van der Waals surface area contributed by atoms with Gasteiger partial charge in [-0.3, -0.25) is 9.59 Å². The van der Waals surface area contributed by atoms with Gasteiger partial charge in [0.15, 0.2) is 6.61 Å². The Bertz CT molecular complexity index is 1320. The smallest absolute Gasteiger partial charge is 0.266 e. The molecule has 6 nitrogen and oxygen atoms in total. The van der Waals surface area contributed by atoms with E-state index in [9.17, 15) is 14.9 Å². The van der Waals surface area contributed by atoms with E-state index in [1.54, 1.807) is 60.7 Å². The zero-order valence-electron chi connectivity index (χ0n) is 17.9. The quantitative estimate of drug-likeness (QED) is 0.251. The summed E-state index contributed by atoms with van der Waals surface area (Å²) in [5.41, 5.74) is 2.10. The van der Waals surface area contributed by atoms with E-state index in [-0.39, 0.29) is 12.2 Å². The number of carbonyl (C=O) groups excluding carboxylic acids is 2. The van der Waals surface area contributed by atoms with Crippen molar-refractivity contribution in [1.29, 1.82) is 5.26 Å². The average Bonchev–Trinajstić information content (AvgIpc) is 2.80. The number of benzene rings is 3. The summed E-state index contributed by atoms with van der Waals surface area (Å²) in [6, 6.07) is 18.8. The van der Waals surface area contributed by atoms with Gasteiger partial charge in [-0.2, -0.15) is 5.26 Å². The van der Waals surface area contributed by atoms with Crippen molar-refractivity contribution in [2.75, 3.05) is 17.2 Å². The van der Waals surface area contributed by atoms with Crippen LogP contribution in [0.25, 0.3) is 6.08 Å². The molecule has 0 atom stereocenters. The molecule has 9 heteroatoms. The number of amides is 2. The maximum atomic E-state index is 12.6. The first-order valence-electron chi connectivity index (χ1n) is 9.93. The lowest BCUT2D eigenvalue weighted by atomic mass is 10.1. The predicted octanol–water partition coefficient (Wildman–Crippen LogP) is 6.63. The molecular formula is C25H18BrCl2N3O3. The number of nitriles is 1. The second-order valence-corrected chi connectivity index (χ2v) is 8.82. The van der Waals surface area contributed by atoms with Crippen LogP contribution in [0.2, 0.25) is 10.0 Å². The second kappa shape index (κ2) is 11.7. The summed E-state index contributed by atoms with van der Waals surface area (Å²) in [6.45, 7) is 1.57. The van der Waals surface area contributed by atoms with Crippen LogP contribution in [0.5, 0.6) is 5.75 Å². The summed E-state index contributed by atoms with van der Waals surface area (Å²) >= 11 is 15.5. The SMILES string of the molecule is Cc1ccc(NC(=O)COc2ccc(Br)cc2/C=C(\C#N)C(=O)Nc2ccccc2Cl)cc1Cl. The molecule has 3 rings (SSSR count). The number of hydrogen-bond acceptors (Lipinski definition) is 4. The van der Waals surface area contributed by atoms with Crippen molar-refractivity contribution >= 4 is 68.4 Å². The summed E-state index contributed by atoms with van der Waals surface area (Å²) in [5, 5.41) is 15.8. The normalized spacial score (nSPS) is 10.9. The van der Waals surface area contributed by atoms with Crippen molar-refractivity contribution < 1.29 is 14.3 Å². The molecule has 0 bridgehead atoms. The molecular weight excluding hydrogens is 541 g/mol. The van der Waals surface area contributed by atoms with Crippen LogP contribution in [-0.4, -0.2) is 18.4 Å². The Hall–Kier alpha value is -3.31. The first-order chi connectivity index (χ1) is 16.3. The van der Waals surface area contributed by atoms with Crippen molar-refractivity contribution in [2.45, 2.75) is 6.92 Å². The molecule has 0 radical (unpaired) electrons. The van der Waals surface area contributed by atoms with Gasteiger partial charge in [0.1, 0.15) is 17.4 Å². The van der Waals surface area contributed by atoms with Crippen molar-refractivity contribution in [1.82, 2.24) is 0 Å². The molecule has 0 aromatic heterocycles. The highest BCUT2D eigenvalue weighted by molar-refractivity contribution is 9.10. The van der Waals surface area contributed by atoms with Crippen LogP contribution in [0.3, 0.4) is 0 Å². The highest BCUT2D eigenvalue weighted by Gasteiger charge is 2.14. The van der Waals surface area contributed by atoms with Crippen LogP contribution >= 0.6 is 39.1 Å². The van der Waals surface area contributed by atoms with Gasteiger partial charge in [0, 0.05) is 20.7 Å². The van der Waals surface area contributed by atoms with Crippen molar-refractivity contribution in [3.63, 3.8) is 0 Å². The summed E-state index contributed by atoms with van der Waals surface area (Å²) < 4.78 is 6.37. The number of aryl methyl sites for hydroxylation is 1. The number of hydrogen-bond donors (Lipinski definition) is 2. The number of ether oxygens (including phenoxy) is 1. The predicted molar refractivity (Wildman–Crippen MR) is 138 cm³/mol. The molecule has 0 spiro atoms. The highest BCUT2D eigenvalue weighted by Crippen LogP contribution is 2.27. The number of para-hydroxylation sites is 1. The van der Waals surface area contributed by atoms with Crippen LogP contribution < -0.4 is 15.4 Å². The zero-order valence-corrected chi connectivity index (χ0v) is 21.0. The van der Waals surface area contributed by atoms with Crippen LogP contribution in [0.1, 0.15) is 11.1 Å². The van der Waals surface area contributed by atoms with E-state index in [0.29, 0.717) is 37.2 Å². The van der Waals surface area contributed by atoms with Gasteiger partial charge in [-0.1, -0.05) is 57.3 Å². The summed E-state index contributed by atoms with van der Waals surface area (Å²) in [7, 11) is 0. The van der Waals surface area contributed by atoms with Gasteiger partial charge in [0.2, 0.25) is 0 Å². The Morgan fingerprint density at radius 3 is 2.53 bits per heavy atom. The molecule has 0 aliphatic rings. The number of rotatable bonds is 7. The molecule has 0 aliphatic heterocycles. The Balaban J connectivity index is 1.75. The molecule has 0 heterocycles. The monoisotopic (exact) mass is 557 g/mol. The number of nitrogens with one attached hydrogen (secondary N) is 2. The van der Waals surface area contributed by atoms with E-state index in [0.717, 1.165) is 5.56 Å². The second-order valence-electron chi connectivity index (χ2n) is 7.09. The lowest BCUT2D eigenvalue weighted by Gasteiger charge is -2.11. The minimum Gasteiger partial charge on any atom is -0.483 e. The van der Waals surface area contributed by atoms with E-state index >= 15 is 0 Å². The molecule has 0 saturated carbocycles. The third-order valence-electron chi connectivity index (χ3n) is 4.57. The molecule has 2 amide bonds. The number of nitrogens with zero attached hydrogens (tertiary/aromatic N) is 1. The molecule has 3 aromatic carbocycles. The van der Waals surface area contributed by atoms with Crippen molar-refractivity contribution in [3.8, 4) is 11.8 Å². The average molecular weight is 559 g/mol. The van der Waals surface area contributed by atoms with Gasteiger partial charge in [-0.15, -0.1) is 0 Å². The van der Waals surface area contributed by atoms with Gasteiger partial charge < -0.3 is 15.4 Å². The lowest BCUT2D eigenvalue weighted by molar-refractivity contribution is -0.118. The topological polar surface area (TPSA) is 91.2 Å². The fourth-order valence-electron chi connectivity index (χ4n) is 2.83. The Labute approximate surface area is 215 Å². The minimum atomic E-state index is -0.629. The van der Waals surface area contributed by atoms with Gasteiger partial charge in [0.25, 0.3) is 11.8 Å². The van der Waals surface area contributed by atoms with E-state index < -0.39 is 11.8 Å². The molecule has 2 N–H and O–H groups in total. The van der Waals surface area contributed by atoms with Gasteiger partial charge in [-0.05, 0) is 61.0 Å². The maximum absolute atomic E-state index is 12.6. The maximum Gasteiger partial charge on any atom is 0.266 e.